The summed E-state index contributed by atoms with van der Waals surface area (Å²) in [4.78, 5) is 12.3. The Hall–Kier alpha value is -3.08. The van der Waals surface area contributed by atoms with E-state index in [4.69, 9.17) is 14.7 Å². The molecule has 0 saturated heterocycles. The number of nitrogens with zero attached hydrogens (tertiary/aromatic N) is 1. The third-order valence-electron chi connectivity index (χ3n) is 3.77. The first-order valence-corrected chi connectivity index (χ1v) is 7.97. The van der Waals surface area contributed by atoms with Gasteiger partial charge in [0.2, 0.25) is 0 Å². The van der Waals surface area contributed by atoms with Gasteiger partial charge in [0.1, 0.15) is 11.9 Å². The maximum Gasteiger partial charge on any atom is 0.412 e. The Morgan fingerprint density at radius 1 is 1.19 bits per heavy atom. The van der Waals surface area contributed by atoms with E-state index < -0.39 is 18.3 Å². The van der Waals surface area contributed by atoms with Crippen molar-refractivity contribution in [3.05, 3.63) is 59.7 Å². The van der Waals surface area contributed by atoms with Crippen molar-refractivity contribution in [3.8, 4) is 11.8 Å². The molecule has 2 rings (SSSR count). The van der Waals surface area contributed by atoms with E-state index in [9.17, 15) is 15.0 Å². The van der Waals surface area contributed by atoms with Crippen molar-refractivity contribution in [2.45, 2.75) is 18.6 Å². The number of ether oxygens (including phenoxy) is 2. The van der Waals surface area contributed by atoms with E-state index in [1.807, 2.05) is 6.07 Å². The normalized spacial score (nSPS) is 12.7. The number of aromatic hydroxyl groups is 1. The second-order valence-electron chi connectivity index (χ2n) is 5.52. The lowest BCUT2D eigenvalue weighted by Crippen LogP contribution is -2.28. The SMILES string of the molecule is CO[C@@H](CCO)[C@@H](OC(=O)Nc1ccc(C#N)cc1)c1ccc(O)cc1. The summed E-state index contributed by atoms with van der Waals surface area (Å²) in [6.45, 7) is -0.131. The first kappa shape index (κ1) is 19.2. The number of amides is 1. The lowest BCUT2D eigenvalue weighted by atomic mass is 10.0. The van der Waals surface area contributed by atoms with Gasteiger partial charge in [0.05, 0.1) is 11.6 Å². The van der Waals surface area contributed by atoms with Gasteiger partial charge in [-0.2, -0.15) is 5.26 Å². The molecule has 0 aliphatic rings. The molecule has 3 N–H and O–H groups in total. The molecule has 7 nitrogen and oxygen atoms in total. The van der Waals surface area contributed by atoms with Crippen molar-refractivity contribution in [2.24, 2.45) is 0 Å². The van der Waals surface area contributed by atoms with Gasteiger partial charge in [-0.05, 0) is 42.0 Å². The Balaban J connectivity index is 2.15. The third-order valence-corrected chi connectivity index (χ3v) is 3.77. The van der Waals surface area contributed by atoms with Crippen molar-refractivity contribution in [3.63, 3.8) is 0 Å². The second-order valence-corrected chi connectivity index (χ2v) is 5.52. The number of nitriles is 1. The average molecular weight is 356 g/mol. The van der Waals surface area contributed by atoms with Crippen LogP contribution in [0.1, 0.15) is 23.7 Å². The number of anilines is 1. The number of hydrogen-bond donors (Lipinski definition) is 3. The molecule has 26 heavy (non-hydrogen) atoms. The summed E-state index contributed by atoms with van der Waals surface area (Å²) >= 11 is 0. The van der Waals surface area contributed by atoms with Crippen LogP contribution in [-0.4, -0.2) is 36.1 Å². The number of aliphatic hydroxyl groups excluding tert-OH is 1. The van der Waals surface area contributed by atoms with Gasteiger partial charge in [-0.3, -0.25) is 5.32 Å². The zero-order valence-corrected chi connectivity index (χ0v) is 14.3. The summed E-state index contributed by atoms with van der Waals surface area (Å²) in [7, 11) is 1.47. The Labute approximate surface area is 151 Å². The highest BCUT2D eigenvalue weighted by Gasteiger charge is 2.27. The Morgan fingerprint density at radius 3 is 2.38 bits per heavy atom. The monoisotopic (exact) mass is 356 g/mol. The van der Waals surface area contributed by atoms with Crippen LogP contribution in [0.5, 0.6) is 5.75 Å². The fourth-order valence-corrected chi connectivity index (χ4v) is 2.43. The fourth-order valence-electron chi connectivity index (χ4n) is 2.43. The lowest BCUT2D eigenvalue weighted by molar-refractivity contribution is -0.0306. The quantitative estimate of drug-likeness (QED) is 0.703. The first-order valence-electron chi connectivity index (χ1n) is 7.97. The number of benzene rings is 2. The summed E-state index contributed by atoms with van der Waals surface area (Å²) in [5.74, 6) is 0.0886. The number of methoxy groups -OCH3 is 1. The zero-order chi connectivity index (χ0) is 18.9. The number of hydrogen-bond acceptors (Lipinski definition) is 6. The molecule has 2 atom stereocenters. The molecular formula is C19H20N2O5. The minimum atomic E-state index is -0.772. The fraction of sp³-hybridized carbons (Fsp3) is 0.263. The number of carbonyl (C=O) groups excluding carboxylic acids is 1. The highest BCUT2D eigenvalue weighted by Crippen LogP contribution is 2.27. The van der Waals surface area contributed by atoms with Gasteiger partial charge < -0.3 is 19.7 Å². The van der Waals surface area contributed by atoms with Crippen LogP contribution < -0.4 is 5.32 Å². The molecule has 2 aromatic carbocycles. The van der Waals surface area contributed by atoms with Crippen molar-refractivity contribution >= 4 is 11.8 Å². The number of aliphatic hydroxyl groups is 1. The smallest absolute Gasteiger partial charge is 0.412 e. The maximum absolute atomic E-state index is 12.3. The second kappa shape index (κ2) is 9.42. The molecule has 2 aromatic rings. The Bertz CT molecular complexity index is 753. The molecule has 0 spiro atoms. The predicted molar refractivity (Wildman–Crippen MR) is 94.6 cm³/mol. The van der Waals surface area contributed by atoms with Crippen LogP contribution in [0.25, 0.3) is 0 Å². The van der Waals surface area contributed by atoms with Crippen LogP contribution in [0.3, 0.4) is 0 Å². The van der Waals surface area contributed by atoms with Crippen LogP contribution in [-0.2, 0) is 9.47 Å². The molecule has 0 aromatic heterocycles. The summed E-state index contributed by atoms with van der Waals surface area (Å²) in [6.07, 6.45) is -1.76. The van der Waals surface area contributed by atoms with E-state index in [2.05, 4.69) is 5.32 Å². The van der Waals surface area contributed by atoms with Gasteiger partial charge >= 0.3 is 6.09 Å². The average Bonchev–Trinajstić information content (AvgIpc) is 2.66. The van der Waals surface area contributed by atoms with E-state index in [1.54, 1.807) is 36.4 Å². The highest BCUT2D eigenvalue weighted by atomic mass is 16.6. The molecule has 0 aliphatic heterocycles. The molecule has 0 bridgehead atoms. The number of nitrogens with one attached hydrogen (secondary N) is 1. The molecule has 1 amide bonds. The van der Waals surface area contributed by atoms with Gasteiger partial charge in [-0.25, -0.2) is 4.79 Å². The predicted octanol–water partition coefficient (Wildman–Crippen LogP) is 2.95. The van der Waals surface area contributed by atoms with E-state index in [0.717, 1.165) is 0 Å². The summed E-state index contributed by atoms with van der Waals surface area (Å²) in [6, 6.07) is 14.6. The van der Waals surface area contributed by atoms with Crippen molar-refractivity contribution < 1.29 is 24.5 Å². The third kappa shape index (κ3) is 5.21. The number of rotatable bonds is 7. The molecule has 0 aliphatic carbocycles. The van der Waals surface area contributed by atoms with Crippen molar-refractivity contribution in [1.29, 1.82) is 5.26 Å². The van der Waals surface area contributed by atoms with Crippen molar-refractivity contribution in [2.75, 3.05) is 19.0 Å². The summed E-state index contributed by atoms with van der Waals surface area (Å²) < 4.78 is 10.9. The van der Waals surface area contributed by atoms with Crippen LogP contribution in [0, 0.1) is 11.3 Å². The van der Waals surface area contributed by atoms with Crippen LogP contribution in [0.15, 0.2) is 48.5 Å². The van der Waals surface area contributed by atoms with E-state index in [-0.39, 0.29) is 18.8 Å². The number of phenols is 1. The first-order chi connectivity index (χ1) is 12.6. The van der Waals surface area contributed by atoms with Crippen LogP contribution in [0.2, 0.25) is 0 Å². The molecule has 0 saturated carbocycles. The summed E-state index contributed by atoms with van der Waals surface area (Å²) in [5, 5.41) is 30.1. The van der Waals surface area contributed by atoms with Gasteiger partial charge in [0, 0.05) is 25.8 Å². The molecule has 0 radical (unpaired) electrons. The number of phenolic OH excluding ortho intramolecular Hbond substituents is 1. The minimum absolute atomic E-state index is 0.0886. The largest absolute Gasteiger partial charge is 0.508 e. The maximum atomic E-state index is 12.3. The summed E-state index contributed by atoms with van der Waals surface area (Å²) in [5.41, 5.74) is 1.58. The van der Waals surface area contributed by atoms with Crippen LogP contribution in [0.4, 0.5) is 10.5 Å². The Kier molecular flexibility index (Phi) is 6.97. The van der Waals surface area contributed by atoms with Crippen molar-refractivity contribution in [1.82, 2.24) is 0 Å². The van der Waals surface area contributed by atoms with E-state index in [0.29, 0.717) is 16.8 Å². The zero-order valence-electron chi connectivity index (χ0n) is 14.3. The highest BCUT2D eigenvalue weighted by molar-refractivity contribution is 5.84. The molecule has 0 fully saturated rings. The molecule has 0 unspecified atom stereocenters. The van der Waals surface area contributed by atoms with Gasteiger partial charge in [-0.1, -0.05) is 12.1 Å². The van der Waals surface area contributed by atoms with Gasteiger partial charge in [0.25, 0.3) is 0 Å². The standard InChI is InChI=1S/C19H20N2O5/c1-25-17(10-11-22)18(14-4-8-16(23)9-5-14)26-19(24)21-15-6-2-13(12-20)3-7-15/h2-9,17-18,22-23H,10-11H2,1H3,(H,21,24)/t17-,18-/m0/s1. The van der Waals surface area contributed by atoms with Gasteiger partial charge in [-0.15, -0.1) is 0 Å². The topological polar surface area (TPSA) is 112 Å². The minimum Gasteiger partial charge on any atom is -0.508 e. The number of carbonyl (C=O) groups is 1. The van der Waals surface area contributed by atoms with Gasteiger partial charge in [0.15, 0.2) is 6.10 Å². The lowest BCUT2D eigenvalue weighted by Gasteiger charge is -2.26. The van der Waals surface area contributed by atoms with E-state index >= 15 is 0 Å². The molecule has 7 heteroatoms. The Morgan fingerprint density at radius 2 is 1.85 bits per heavy atom. The molecule has 0 heterocycles. The molecule has 136 valence electrons. The molecular weight excluding hydrogens is 336 g/mol. The van der Waals surface area contributed by atoms with E-state index in [1.165, 1.54) is 19.2 Å². The van der Waals surface area contributed by atoms with Crippen LogP contribution >= 0.6 is 0 Å².